The summed E-state index contributed by atoms with van der Waals surface area (Å²) < 4.78 is 5.70. The molecule has 1 aromatic rings. The van der Waals surface area contributed by atoms with Crippen molar-refractivity contribution in [3.05, 3.63) is 30.3 Å². The SMILES string of the molecule is CC(C)N1CCC(NCCCOc2ccccc2)CC1. The summed E-state index contributed by atoms with van der Waals surface area (Å²) in [6.07, 6.45) is 3.62. The Morgan fingerprint density at radius 1 is 1.20 bits per heavy atom. The smallest absolute Gasteiger partial charge is 0.119 e. The van der Waals surface area contributed by atoms with Gasteiger partial charge < -0.3 is 15.0 Å². The standard InChI is InChI=1S/C17H28N2O/c1-15(2)19-12-9-16(10-13-19)18-11-6-14-20-17-7-4-3-5-8-17/h3-5,7-8,15-16,18H,6,9-14H2,1-2H3. The van der Waals surface area contributed by atoms with Crippen LogP contribution in [0.25, 0.3) is 0 Å². The van der Waals surface area contributed by atoms with Crippen molar-refractivity contribution >= 4 is 0 Å². The summed E-state index contributed by atoms with van der Waals surface area (Å²) in [6, 6.07) is 11.4. The Kier molecular flexibility index (Phi) is 6.34. The van der Waals surface area contributed by atoms with Crippen molar-refractivity contribution in [3.63, 3.8) is 0 Å². The van der Waals surface area contributed by atoms with Crippen LogP contribution in [0.5, 0.6) is 5.75 Å². The number of nitrogens with one attached hydrogen (secondary N) is 1. The number of hydrogen-bond acceptors (Lipinski definition) is 3. The predicted octanol–water partition coefficient (Wildman–Crippen LogP) is 2.92. The highest BCUT2D eigenvalue weighted by atomic mass is 16.5. The van der Waals surface area contributed by atoms with Gasteiger partial charge in [0.1, 0.15) is 5.75 Å². The van der Waals surface area contributed by atoms with Crippen LogP contribution in [0.4, 0.5) is 0 Å². The van der Waals surface area contributed by atoms with E-state index in [1.54, 1.807) is 0 Å². The highest BCUT2D eigenvalue weighted by molar-refractivity contribution is 5.20. The third-order valence-corrected chi connectivity index (χ3v) is 4.03. The monoisotopic (exact) mass is 276 g/mol. The lowest BCUT2D eigenvalue weighted by molar-refractivity contribution is 0.160. The van der Waals surface area contributed by atoms with Gasteiger partial charge in [-0.2, -0.15) is 0 Å². The maximum Gasteiger partial charge on any atom is 0.119 e. The summed E-state index contributed by atoms with van der Waals surface area (Å²) in [7, 11) is 0. The Morgan fingerprint density at radius 2 is 1.90 bits per heavy atom. The zero-order chi connectivity index (χ0) is 14.2. The molecule has 0 bridgehead atoms. The molecule has 0 aromatic heterocycles. The van der Waals surface area contributed by atoms with Crippen molar-refractivity contribution in [2.75, 3.05) is 26.2 Å². The van der Waals surface area contributed by atoms with Gasteiger partial charge in [-0.05, 0) is 64.9 Å². The van der Waals surface area contributed by atoms with E-state index in [-0.39, 0.29) is 0 Å². The van der Waals surface area contributed by atoms with Gasteiger partial charge in [0.25, 0.3) is 0 Å². The largest absolute Gasteiger partial charge is 0.494 e. The number of hydrogen-bond donors (Lipinski definition) is 1. The zero-order valence-electron chi connectivity index (χ0n) is 12.8. The first-order valence-electron chi connectivity index (χ1n) is 7.91. The average molecular weight is 276 g/mol. The van der Waals surface area contributed by atoms with E-state index in [2.05, 4.69) is 24.1 Å². The topological polar surface area (TPSA) is 24.5 Å². The molecule has 0 aliphatic carbocycles. The molecule has 0 unspecified atom stereocenters. The van der Waals surface area contributed by atoms with Crippen LogP contribution >= 0.6 is 0 Å². The second kappa shape index (κ2) is 8.28. The molecule has 1 aliphatic rings. The first-order valence-corrected chi connectivity index (χ1v) is 7.91. The molecule has 0 spiro atoms. The van der Waals surface area contributed by atoms with Crippen molar-refractivity contribution in [1.29, 1.82) is 0 Å². The zero-order valence-corrected chi connectivity index (χ0v) is 12.8. The van der Waals surface area contributed by atoms with Crippen LogP contribution in [0.3, 0.4) is 0 Å². The molecule has 0 atom stereocenters. The lowest BCUT2D eigenvalue weighted by atomic mass is 10.0. The molecule has 1 fully saturated rings. The van der Waals surface area contributed by atoms with Crippen LogP contribution in [-0.2, 0) is 0 Å². The lowest BCUT2D eigenvalue weighted by Crippen LogP contribution is -2.45. The number of nitrogens with zero attached hydrogens (tertiary/aromatic N) is 1. The molecule has 3 heteroatoms. The van der Waals surface area contributed by atoms with Crippen LogP contribution in [0, 0.1) is 0 Å². The Bertz CT molecular complexity index is 359. The lowest BCUT2D eigenvalue weighted by Gasteiger charge is -2.35. The molecule has 112 valence electrons. The minimum absolute atomic E-state index is 0.690. The number of likely N-dealkylation sites (tertiary alicyclic amines) is 1. The van der Waals surface area contributed by atoms with Crippen molar-refractivity contribution < 1.29 is 4.74 Å². The number of ether oxygens (including phenoxy) is 1. The molecular weight excluding hydrogens is 248 g/mol. The number of rotatable bonds is 7. The van der Waals surface area contributed by atoms with E-state index in [4.69, 9.17) is 4.74 Å². The van der Waals surface area contributed by atoms with Crippen LogP contribution in [0.2, 0.25) is 0 Å². The van der Waals surface area contributed by atoms with Gasteiger partial charge in [-0.15, -0.1) is 0 Å². The molecule has 0 amide bonds. The maximum atomic E-state index is 5.70. The van der Waals surface area contributed by atoms with E-state index in [9.17, 15) is 0 Å². The van der Waals surface area contributed by atoms with E-state index in [1.165, 1.54) is 25.9 Å². The number of benzene rings is 1. The van der Waals surface area contributed by atoms with Crippen molar-refractivity contribution in [3.8, 4) is 5.75 Å². The van der Waals surface area contributed by atoms with E-state index >= 15 is 0 Å². The van der Waals surface area contributed by atoms with Gasteiger partial charge in [0.15, 0.2) is 0 Å². The van der Waals surface area contributed by atoms with Gasteiger partial charge in [0, 0.05) is 12.1 Å². The van der Waals surface area contributed by atoms with Gasteiger partial charge in [0.2, 0.25) is 0 Å². The van der Waals surface area contributed by atoms with Gasteiger partial charge in [-0.1, -0.05) is 18.2 Å². The summed E-state index contributed by atoms with van der Waals surface area (Å²) in [5.74, 6) is 0.970. The second-order valence-electron chi connectivity index (χ2n) is 5.87. The molecule has 2 rings (SSSR count). The first-order chi connectivity index (χ1) is 9.75. The third-order valence-electron chi connectivity index (χ3n) is 4.03. The number of piperidine rings is 1. The van der Waals surface area contributed by atoms with Gasteiger partial charge in [-0.25, -0.2) is 0 Å². The van der Waals surface area contributed by atoms with E-state index < -0.39 is 0 Å². The fraction of sp³-hybridized carbons (Fsp3) is 0.647. The summed E-state index contributed by atoms with van der Waals surface area (Å²) in [5.41, 5.74) is 0. The Hall–Kier alpha value is -1.06. The molecule has 0 radical (unpaired) electrons. The summed E-state index contributed by atoms with van der Waals surface area (Å²) in [5, 5.41) is 3.66. The Morgan fingerprint density at radius 3 is 2.55 bits per heavy atom. The molecule has 1 saturated heterocycles. The maximum absolute atomic E-state index is 5.70. The minimum atomic E-state index is 0.690. The summed E-state index contributed by atoms with van der Waals surface area (Å²) in [4.78, 5) is 2.57. The molecule has 3 nitrogen and oxygen atoms in total. The minimum Gasteiger partial charge on any atom is -0.494 e. The van der Waals surface area contributed by atoms with E-state index in [0.717, 1.165) is 25.3 Å². The highest BCUT2D eigenvalue weighted by Crippen LogP contribution is 2.13. The fourth-order valence-corrected chi connectivity index (χ4v) is 2.71. The predicted molar refractivity (Wildman–Crippen MR) is 84.3 cm³/mol. The van der Waals surface area contributed by atoms with E-state index in [0.29, 0.717) is 12.1 Å². The summed E-state index contributed by atoms with van der Waals surface area (Å²) >= 11 is 0. The molecule has 20 heavy (non-hydrogen) atoms. The van der Waals surface area contributed by atoms with Gasteiger partial charge in [-0.3, -0.25) is 0 Å². The van der Waals surface area contributed by atoms with Crippen LogP contribution in [0.1, 0.15) is 33.1 Å². The molecule has 1 aromatic carbocycles. The molecular formula is C17H28N2O. The average Bonchev–Trinajstić information content (AvgIpc) is 2.48. The summed E-state index contributed by atoms with van der Waals surface area (Å²) in [6.45, 7) is 8.88. The van der Waals surface area contributed by atoms with Crippen LogP contribution < -0.4 is 10.1 Å². The van der Waals surface area contributed by atoms with Gasteiger partial charge in [0.05, 0.1) is 6.61 Å². The fourth-order valence-electron chi connectivity index (χ4n) is 2.71. The number of para-hydroxylation sites is 1. The Labute approximate surface area is 123 Å². The van der Waals surface area contributed by atoms with Crippen molar-refractivity contribution in [2.45, 2.75) is 45.2 Å². The third kappa shape index (κ3) is 5.14. The molecule has 1 aliphatic heterocycles. The van der Waals surface area contributed by atoms with Gasteiger partial charge >= 0.3 is 0 Å². The highest BCUT2D eigenvalue weighted by Gasteiger charge is 2.19. The van der Waals surface area contributed by atoms with Crippen LogP contribution in [-0.4, -0.2) is 43.2 Å². The van der Waals surface area contributed by atoms with Crippen molar-refractivity contribution in [2.24, 2.45) is 0 Å². The Balaban J connectivity index is 1.52. The molecule has 1 heterocycles. The first kappa shape index (κ1) is 15.3. The second-order valence-corrected chi connectivity index (χ2v) is 5.87. The molecule has 1 N–H and O–H groups in total. The molecule has 0 saturated carbocycles. The van der Waals surface area contributed by atoms with E-state index in [1.807, 2.05) is 30.3 Å². The van der Waals surface area contributed by atoms with Crippen molar-refractivity contribution in [1.82, 2.24) is 10.2 Å². The van der Waals surface area contributed by atoms with Crippen LogP contribution in [0.15, 0.2) is 30.3 Å². The normalized spacial score (nSPS) is 17.6. The quantitative estimate of drug-likeness (QED) is 0.775.